The van der Waals surface area contributed by atoms with Crippen molar-refractivity contribution in [1.29, 1.82) is 0 Å². The molecule has 1 saturated heterocycles. The molecule has 0 atom stereocenters. The van der Waals surface area contributed by atoms with Gasteiger partial charge in [0, 0.05) is 23.5 Å². The number of nitrogens with zero attached hydrogens (tertiary/aromatic N) is 2. The predicted octanol–water partition coefficient (Wildman–Crippen LogP) is -0.216. The zero-order valence-corrected chi connectivity index (χ0v) is 18.2. The van der Waals surface area contributed by atoms with Crippen molar-refractivity contribution in [2.45, 2.75) is 83.3 Å². The normalized spacial score (nSPS) is 21.2. The van der Waals surface area contributed by atoms with Gasteiger partial charge in [-0.1, -0.05) is 0 Å². The molecule has 0 radical (unpaired) electrons. The minimum Gasteiger partial charge on any atom is -1.00 e. The van der Waals surface area contributed by atoms with Crippen LogP contribution in [-0.4, -0.2) is 65.5 Å². The molecule has 0 aromatic carbocycles. The van der Waals surface area contributed by atoms with Crippen molar-refractivity contribution >= 4 is 5.91 Å². The van der Waals surface area contributed by atoms with Crippen molar-refractivity contribution in [1.82, 2.24) is 10.4 Å². The molecule has 1 heterocycles. The minimum atomic E-state index is -0.315. The van der Waals surface area contributed by atoms with Crippen molar-refractivity contribution in [2.75, 3.05) is 27.7 Å². The van der Waals surface area contributed by atoms with Crippen LogP contribution in [0.1, 0.15) is 66.2 Å². The maximum Gasteiger partial charge on any atom is 0.220 e. The summed E-state index contributed by atoms with van der Waals surface area (Å²) in [5.74, 6) is 0.151. The molecule has 0 saturated carbocycles. The quantitative estimate of drug-likeness (QED) is 0.453. The van der Waals surface area contributed by atoms with Gasteiger partial charge in [0.15, 0.2) is 0 Å². The zero-order valence-electron chi connectivity index (χ0n) is 16.7. The van der Waals surface area contributed by atoms with Crippen LogP contribution in [0.5, 0.6) is 0 Å². The van der Waals surface area contributed by atoms with Crippen molar-refractivity contribution in [3.8, 4) is 0 Å². The van der Waals surface area contributed by atoms with Crippen molar-refractivity contribution < 1.29 is 31.5 Å². The van der Waals surface area contributed by atoms with Gasteiger partial charge in [0.05, 0.1) is 27.7 Å². The first-order chi connectivity index (χ1) is 10.3. The van der Waals surface area contributed by atoms with Crippen molar-refractivity contribution in [2.24, 2.45) is 0 Å². The smallest absolute Gasteiger partial charge is 0.220 e. The summed E-state index contributed by atoms with van der Waals surface area (Å²) in [7, 11) is 6.59. The second-order valence-corrected chi connectivity index (χ2v) is 9.43. The Morgan fingerprint density at radius 1 is 1.08 bits per heavy atom. The van der Waals surface area contributed by atoms with E-state index in [0.717, 1.165) is 36.7 Å². The SMILES string of the molecule is CC1(C)CC(NC(=O)CCCCC[N+](C)(C)C)CC(C)(C)N1O.[Br-]. The number of unbranched alkanes of at least 4 members (excludes halogenated alkanes) is 2. The van der Waals surface area contributed by atoms with Crippen LogP contribution in [0.4, 0.5) is 0 Å². The highest BCUT2D eigenvalue weighted by atomic mass is 79.9. The molecule has 1 aliphatic heterocycles. The lowest BCUT2D eigenvalue weighted by atomic mass is 9.79. The van der Waals surface area contributed by atoms with E-state index in [2.05, 4.69) is 26.5 Å². The maximum atomic E-state index is 12.2. The average Bonchev–Trinajstić information content (AvgIpc) is 2.33. The fourth-order valence-corrected chi connectivity index (χ4v) is 3.72. The van der Waals surface area contributed by atoms with Gasteiger partial charge in [-0.3, -0.25) is 4.79 Å². The summed E-state index contributed by atoms with van der Waals surface area (Å²) in [4.78, 5) is 12.2. The molecule has 0 unspecified atom stereocenters. The van der Waals surface area contributed by atoms with Crippen molar-refractivity contribution in [3.05, 3.63) is 0 Å². The summed E-state index contributed by atoms with van der Waals surface area (Å²) in [6.07, 6.45) is 5.39. The van der Waals surface area contributed by atoms with Crippen LogP contribution < -0.4 is 22.3 Å². The Kier molecular flexibility index (Phi) is 8.90. The van der Waals surface area contributed by atoms with Crippen LogP contribution in [0.3, 0.4) is 0 Å². The van der Waals surface area contributed by atoms with Gasteiger partial charge in [-0.2, -0.15) is 5.06 Å². The Labute approximate surface area is 159 Å². The summed E-state index contributed by atoms with van der Waals surface area (Å²) in [6, 6.07) is 0.141. The van der Waals surface area contributed by atoms with E-state index in [0.29, 0.717) is 6.42 Å². The van der Waals surface area contributed by atoms with E-state index in [9.17, 15) is 10.0 Å². The van der Waals surface area contributed by atoms with Gasteiger partial charge in [0.25, 0.3) is 0 Å². The summed E-state index contributed by atoms with van der Waals surface area (Å²) in [6.45, 7) is 9.25. The van der Waals surface area contributed by atoms with E-state index < -0.39 is 0 Å². The average molecular weight is 408 g/mol. The second-order valence-electron chi connectivity index (χ2n) is 9.43. The van der Waals surface area contributed by atoms with Crippen LogP contribution in [0.25, 0.3) is 0 Å². The van der Waals surface area contributed by atoms with Gasteiger partial charge in [-0.15, -0.1) is 0 Å². The van der Waals surface area contributed by atoms with Gasteiger partial charge in [0.2, 0.25) is 5.91 Å². The highest BCUT2D eigenvalue weighted by Crippen LogP contribution is 2.36. The van der Waals surface area contributed by atoms with E-state index in [1.54, 1.807) is 0 Å². The number of amides is 1. The van der Waals surface area contributed by atoms with Crippen LogP contribution in [0.15, 0.2) is 0 Å². The summed E-state index contributed by atoms with van der Waals surface area (Å²) in [5.41, 5.74) is -0.630. The third-order valence-corrected chi connectivity index (χ3v) is 4.74. The fourth-order valence-electron chi connectivity index (χ4n) is 3.72. The molecule has 1 aliphatic rings. The molecule has 144 valence electrons. The number of hydroxylamine groups is 2. The molecule has 1 fully saturated rings. The standard InChI is InChI=1S/C18H37N3O2.BrH/c1-17(2)13-15(14-18(3,4)20(17)23)19-16(22)11-9-8-10-12-21(5,6)7;/h15,23H,8-14H2,1-7H3;1H. The first kappa shape index (κ1) is 23.8. The van der Waals surface area contributed by atoms with E-state index in [-0.39, 0.29) is 40.0 Å². The molecule has 0 spiro atoms. The van der Waals surface area contributed by atoms with Gasteiger partial charge in [-0.05, 0) is 59.8 Å². The third-order valence-electron chi connectivity index (χ3n) is 4.74. The number of hydrogen-bond donors (Lipinski definition) is 2. The first-order valence-corrected chi connectivity index (χ1v) is 8.93. The molecule has 0 bridgehead atoms. The zero-order chi connectivity index (χ0) is 17.9. The molecule has 5 nitrogen and oxygen atoms in total. The van der Waals surface area contributed by atoms with Crippen LogP contribution in [0, 0.1) is 0 Å². The summed E-state index contributed by atoms with van der Waals surface area (Å²) < 4.78 is 0.982. The molecule has 0 aromatic heterocycles. The van der Waals surface area contributed by atoms with E-state index in [1.165, 1.54) is 11.5 Å². The van der Waals surface area contributed by atoms with Crippen molar-refractivity contribution in [3.63, 3.8) is 0 Å². The van der Waals surface area contributed by atoms with Gasteiger partial charge < -0.3 is 32.0 Å². The Hall–Kier alpha value is -0.170. The first-order valence-electron chi connectivity index (χ1n) is 8.93. The van der Waals surface area contributed by atoms with Crippen LogP contribution in [0.2, 0.25) is 0 Å². The number of quaternary nitrogens is 1. The Morgan fingerprint density at radius 3 is 2.04 bits per heavy atom. The fraction of sp³-hybridized carbons (Fsp3) is 0.944. The summed E-state index contributed by atoms with van der Waals surface area (Å²) >= 11 is 0. The molecule has 6 heteroatoms. The van der Waals surface area contributed by atoms with Crippen LogP contribution in [-0.2, 0) is 4.79 Å². The molecule has 2 N–H and O–H groups in total. The molecule has 24 heavy (non-hydrogen) atoms. The number of halogens is 1. The molecular formula is C18H38BrN3O2. The summed E-state index contributed by atoms with van der Waals surface area (Å²) in [5, 5.41) is 14.9. The number of piperidine rings is 1. The molecule has 0 aliphatic carbocycles. The predicted molar refractivity (Wildman–Crippen MR) is 94.3 cm³/mol. The molecular weight excluding hydrogens is 370 g/mol. The Balaban J connectivity index is 0.00000529. The minimum absolute atomic E-state index is 0. The molecule has 1 amide bonds. The number of carbonyl (C=O) groups excluding carboxylic acids is 1. The largest absolute Gasteiger partial charge is 1.00 e. The Morgan fingerprint density at radius 2 is 1.58 bits per heavy atom. The lowest BCUT2D eigenvalue weighted by molar-refractivity contribution is -0.870. The number of rotatable bonds is 7. The van der Waals surface area contributed by atoms with Gasteiger partial charge in [-0.25, -0.2) is 0 Å². The molecule has 1 rings (SSSR count). The topological polar surface area (TPSA) is 52.6 Å². The lowest BCUT2D eigenvalue weighted by Crippen LogP contribution is -3.00. The van der Waals surface area contributed by atoms with Crippen LogP contribution >= 0.6 is 0 Å². The monoisotopic (exact) mass is 407 g/mol. The van der Waals surface area contributed by atoms with E-state index in [1.807, 2.05) is 27.7 Å². The van der Waals surface area contributed by atoms with Gasteiger partial charge in [0.1, 0.15) is 0 Å². The van der Waals surface area contributed by atoms with E-state index >= 15 is 0 Å². The number of hydrogen-bond acceptors (Lipinski definition) is 3. The van der Waals surface area contributed by atoms with E-state index in [4.69, 9.17) is 0 Å². The molecule has 0 aromatic rings. The second kappa shape index (κ2) is 8.97. The lowest BCUT2D eigenvalue weighted by Gasteiger charge is -2.51. The number of carbonyl (C=O) groups is 1. The highest BCUT2D eigenvalue weighted by molar-refractivity contribution is 5.76. The highest BCUT2D eigenvalue weighted by Gasteiger charge is 2.45. The van der Waals surface area contributed by atoms with Gasteiger partial charge >= 0.3 is 0 Å². The number of nitrogens with one attached hydrogen (secondary N) is 1. The third kappa shape index (κ3) is 7.81. The maximum absolute atomic E-state index is 12.2. The Bertz CT molecular complexity index is 388.